The number of nitrogens with zero attached hydrogens (tertiary/aromatic N) is 4. The van der Waals surface area contributed by atoms with E-state index < -0.39 is 5.97 Å². The fourth-order valence-corrected chi connectivity index (χ4v) is 5.88. The van der Waals surface area contributed by atoms with Crippen LogP contribution in [0.4, 0.5) is 11.6 Å². The summed E-state index contributed by atoms with van der Waals surface area (Å²) in [5, 5.41) is 13.3. The molecule has 0 aliphatic carbocycles. The van der Waals surface area contributed by atoms with Gasteiger partial charge in [-0.3, -0.25) is 4.79 Å². The monoisotopic (exact) mass is 665 g/mol. The maximum absolute atomic E-state index is 10.8. The third-order valence-electron chi connectivity index (χ3n) is 8.60. The highest BCUT2D eigenvalue weighted by molar-refractivity contribution is 5.87. The Labute approximate surface area is 287 Å². The molecule has 0 bridgehead atoms. The van der Waals surface area contributed by atoms with Crippen LogP contribution in [0.15, 0.2) is 36.7 Å². The van der Waals surface area contributed by atoms with Crippen molar-refractivity contribution in [1.29, 1.82) is 0 Å². The Kier molecular flexibility index (Phi) is 19.2. The van der Waals surface area contributed by atoms with Crippen molar-refractivity contribution in [2.75, 3.05) is 64.1 Å². The Morgan fingerprint density at radius 1 is 0.938 bits per heavy atom. The van der Waals surface area contributed by atoms with E-state index in [-0.39, 0.29) is 6.42 Å². The van der Waals surface area contributed by atoms with Crippen molar-refractivity contribution in [3.63, 3.8) is 0 Å². The first-order chi connectivity index (χ1) is 23.5. The summed E-state index contributed by atoms with van der Waals surface area (Å²) >= 11 is 0. The first kappa shape index (κ1) is 38.9. The third-order valence-corrected chi connectivity index (χ3v) is 8.60. The van der Waals surface area contributed by atoms with E-state index in [1.54, 1.807) is 7.11 Å². The van der Waals surface area contributed by atoms with Crippen LogP contribution in [0, 0.1) is 0 Å². The predicted molar refractivity (Wildman–Crippen MR) is 195 cm³/mol. The Balaban J connectivity index is 0.000000472. The topological polar surface area (TPSA) is 162 Å². The minimum absolute atomic E-state index is 0.216. The number of carboxylic acid groups (broad SMARTS) is 1. The molecule has 0 saturated carbocycles. The van der Waals surface area contributed by atoms with Gasteiger partial charge in [0, 0.05) is 49.3 Å². The van der Waals surface area contributed by atoms with E-state index in [0.29, 0.717) is 18.8 Å². The van der Waals surface area contributed by atoms with Crippen molar-refractivity contribution in [1.82, 2.24) is 19.9 Å². The molecule has 0 spiro atoms. The molecule has 0 fully saturated rings. The van der Waals surface area contributed by atoms with Crippen LogP contribution in [0.1, 0.15) is 94.7 Å². The number of methoxy groups -OCH3 is 1. The number of rotatable bonds is 23. The van der Waals surface area contributed by atoms with Crippen LogP contribution in [0.5, 0.6) is 5.75 Å². The van der Waals surface area contributed by atoms with Gasteiger partial charge >= 0.3 is 5.97 Å². The predicted octanol–water partition coefficient (Wildman–Crippen LogP) is 6.25. The summed E-state index contributed by atoms with van der Waals surface area (Å²) in [5.74, 6) is 1.83. The zero-order valence-electron chi connectivity index (χ0n) is 29.1. The lowest BCUT2D eigenvalue weighted by Gasteiger charge is -2.22. The van der Waals surface area contributed by atoms with Gasteiger partial charge in [0.2, 0.25) is 0 Å². The lowest BCUT2D eigenvalue weighted by atomic mass is 10.0. The number of fused-ring (bicyclic) bond motifs is 2. The van der Waals surface area contributed by atoms with Crippen LogP contribution in [0.2, 0.25) is 0 Å². The highest BCUT2D eigenvalue weighted by Crippen LogP contribution is 2.31. The van der Waals surface area contributed by atoms with Gasteiger partial charge < -0.3 is 36.3 Å². The molecule has 1 aliphatic heterocycles. The van der Waals surface area contributed by atoms with E-state index in [0.717, 1.165) is 112 Å². The molecule has 2 aromatic heterocycles. The number of unbranched alkanes of at least 4 members (excludes halogenated alkanes) is 8. The maximum Gasteiger partial charge on any atom is 0.303 e. The number of anilines is 2. The van der Waals surface area contributed by atoms with Gasteiger partial charge in [0.15, 0.2) is 0 Å². The molecular formula is C37H59N7O4. The quantitative estimate of drug-likeness (QED) is 0.0848. The van der Waals surface area contributed by atoms with Crippen LogP contribution in [0.3, 0.4) is 0 Å². The summed E-state index contributed by atoms with van der Waals surface area (Å²) in [6.45, 7) is 5.80. The number of hydrogen-bond donors (Lipinski definition) is 4. The van der Waals surface area contributed by atoms with Crippen molar-refractivity contribution in [2.45, 2.75) is 96.3 Å². The van der Waals surface area contributed by atoms with E-state index >= 15 is 0 Å². The number of carboxylic acids is 1. The molecule has 0 atom stereocenters. The van der Waals surface area contributed by atoms with Crippen molar-refractivity contribution in [2.24, 2.45) is 5.73 Å². The second-order valence-electron chi connectivity index (χ2n) is 12.5. The Hall–Kier alpha value is -3.54. The largest absolute Gasteiger partial charge is 0.493 e. The molecule has 1 aliphatic rings. The first-order valence-corrected chi connectivity index (χ1v) is 18.0. The average molecular weight is 666 g/mol. The molecule has 3 heterocycles. The SMILES string of the molecule is COCCN(CCCCc1cc(OCCCCCCCCCCN)c2c(n1)NCCC2)CCCC(=O)O.Nc1ncnc2ccccc12. The van der Waals surface area contributed by atoms with Crippen molar-refractivity contribution < 1.29 is 19.4 Å². The van der Waals surface area contributed by atoms with E-state index in [1.807, 2.05) is 24.3 Å². The number of nitrogens with two attached hydrogens (primary N) is 2. The number of carbonyl (C=O) groups is 1. The number of para-hydroxylation sites is 1. The Morgan fingerprint density at radius 2 is 1.69 bits per heavy atom. The first-order valence-electron chi connectivity index (χ1n) is 18.0. The highest BCUT2D eigenvalue weighted by atomic mass is 16.5. The second-order valence-corrected chi connectivity index (χ2v) is 12.5. The van der Waals surface area contributed by atoms with Crippen LogP contribution >= 0.6 is 0 Å². The number of pyridine rings is 1. The Morgan fingerprint density at radius 3 is 2.44 bits per heavy atom. The standard InChI is InChI=1S/C29H52N4O4.C8H7N3/c1-36-23-21-33(20-13-16-28(34)35)19-10-8-14-25-24-27(26-15-12-18-31-29(26)32-25)37-22-11-7-5-3-2-4-6-9-17-30;9-8-6-3-1-2-4-7(6)10-5-11-8/h24H,2-23,30H2,1H3,(H,31,32)(H,34,35);1-5H,(H2,9,10,11). The molecule has 48 heavy (non-hydrogen) atoms. The lowest BCUT2D eigenvalue weighted by molar-refractivity contribution is -0.137. The number of aliphatic carboxylic acids is 1. The van der Waals surface area contributed by atoms with Gasteiger partial charge in [-0.1, -0.05) is 50.7 Å². The van der Waals surface area contributed by atoms with Crippen molar-refractivity contribution >= 4 is 28.5 Å². The summed E-state index contributed by atoms with van der Waals surface area (Å²) < 4.78 is 11.5. The van der Waals surface area contributed by atoms with E-state index in [9.17, 15) is 4.79 Å². The summed E-state index contributed by atoms with van der Waals surface area (Å²) in [6.07, 6.45) is 17.5. The number of benzene rings is 1. The molecule has 11 nitrogen and oxygen atoms in total. The van der Waals surface area contributed by atoms with Crippen LogP contribution < -0.4 is 21.5 Å². The molecule has 4 rings (SSSR count). The van der Waals surface area contributed by atoms with Gasteiger partial charge in [-0.2, -0.15) is 0 Å². The van der Waals surface area contributed by atoms with Crippen LogP contribution in [0.25, 0.3) is 10.9 Å². The van der Waals surface area contributed by atoms with Gasteiger partial charge in [0.05, 0.1) is 18.7 Å². The summed E-state index contributed by atoms with van der Waals surface area (Å²) in [6, 6.07) is 9.83. The fraction of sp³-hybridized carbons (Fsp3) is 0.622. The molecule has 6 N–H and O–H groups in total. The molecule has 1 aromatic carbocycles. The molecule has 266 valence electrons. The third kappa shape index (κ3) is 15.1. The van der Waals surface area contributed by atoms with E-state index in [1.165, 1.54) is 50.4 Å². The maximum atomic E-state index is 10.8. The minimum Gasteiger partial charge on any atom is -0.493 e. The number of aryl methyl sites for hydroxylation is 1. The summed E-state index contributed by atoms with van der Waals surface area (Å²) in [5.41, 5.74) is 14.4. The molecule has 0 unspecified atom stereocenters. The van der Waals surface area contributed by atoms with Gasteiger partial charge in [0.1, 0.15) is 23.7 Å². The van der Waals surface area contributed by atoms with Crippen LogP contribution in [-0.4, -0.2) is 84.0 Å². The van der Waals surface area contributed by atoms with Crippen LogP contribution in [-0.2, 0) is 22.4 Å². The smallest absolute Gasteiger partial charge is 0.303 e. The number of nitrogens with one attached hydrogen (secondary N) is 1. The molecule has 11 heteroatoms. The number of aromatic nitrogens is 3. The molecule has 0 saturated heterocycles. The number of hydrogen-bond acceptors (Lipinski definition) is 10. The number of ether oxygens (including phenoxy) is 2. The molecule has 0 radical (unpaired) electrons. The average Bonchev–Trinajstić information content (AvgIpc) is 3.10. The van der Waals surface area contributed by atoms with Gasteiger partial charge in [-0.05, 0) is 83.1 Å². The summed E-state index contributed by atoms with van der Waals surface area (Å²) in [4.78, 5) is 26.0. The van der Waals surface area contributed by atoms with E-state index in [2.05, 4.69) is 26.3 Å². The van der Waals surface area contributed by atoms with Crippen molar-refractivity contribution in [3.05, 3.63) is 47.9 Å². The molecular weight excluding hydrogens is 606 g/mol. The minimum atomic E-state index is -0.731. The van der Waals surface area contributed by atoms with E-state index in [4.69, 9.17) is 31.0 Å². The highest BCUT2D eigenvalue weighted by Gasteiger charge is 2.17. The number of nitrogen functional groups attached to an aromatic ring is 1. The fourth-order valence-electron chi connectivity index (χ4n) is 5.88. The summed E-state index contributed by atoms with van der Waals surface area (Å²) in [7, 11) is 1.71. The molecule has 3 aromatic rings. The Bertz CT molecular complexity index is 1320. The lowest BCUT2D eigenvalue weighted by Crippen LogP contribution is -2.30. The zero-order valence-corrected chi connectivity index (χ0v) is 29.1. The molecule has 0 amide bonds. The normalized spacial score (nSPS) is 12.3. The second kappa shape index (κ2) is 23.7. The van der Waals surface area contributed by atoms with Gasteiger partial charge in [0.25, 0.3) is 0 Å². The van der Waals surface area contributed by atoms with Gasteiger partial charge in [-0.25, -0.2) is 15.0 Å². The zero-order chi connectivity index (χ0) is 34.2. The van der Waals surface area contributed by atoms with Gasteiger partial charge in [-0.15, -0.1) is 0 Å². The van der Waals surface area contributed by atoms with Crippen molar-refractivity contribution in [3.8, 4) is 5.75 Å².